The molecular formula is C15H21ClN2O2. The van der Waals surface area contributed by atoms with E-state index in [0.717, 1.165) is 45.0 Å². The van der Waals surface area contributed by atoms with Gasteiger partial charge in [-0.2, -0.15) is 0 Å². The molecule has 0 spiro atoms. The van der Waals surface area contributed by atoms with E-state index in [4.69, 9.17) is 16.3 Å². The molecule has 4 nitrogen and oxygen atoms in total. The highest BCUT2D eigenvalue weighted by Crippen LogP contribution is 2.11. The molecule has 1 amide bonds. The van der Waals surface area contributed by atoms with Crippen LogP contribution in [0.4, 0.5) is 0 Å². The second-order valence-electron chi connectivity index (χ2n) is 5.08. The van der Waals surface area contributed by atoms with Crippen molar-refractivity contribution in [1.82, 2.24) is 9.80 Å². The van der Waals surface area contributed by atoms with E-state index in [2.05, 4.69) is 4.90 Å². The topological polar surface area (TPSA) is 32.8 Å². The van der Waals surface area contributed by atoms with Gasteiger partial charge in [-0.05, 0) is 17.7 Å². The first-order valence-electron chi connectivity index (χ1n) is 6.93. The highest BCUT2D eigenvalue weighted by Gasteiger charge is 2.14. The Kier molecular flexibility index (Phi) is 5.83. The number of halogens is 1. The minimum Gasteiger partial charge on any atom is -0.379 e. The van der Waals surface area contributed by atoms with Crippen LogP contribution in [-0.2, 0) is 16.0 Å². The van der Waals surface area contributed by atoms with Crippen molar-refractivity contribution in [1.29, 1.82) is 0 Å². The molecule has 20 heavy (non-hydrogen) atoms. The van der Waals surface area contributed by atoms with Gasteiger partial charge in [-0.3, -0.25) is 9.69 Å². The van der Waals surface area contributed by atoms with Crippen LogP contribution in [0.1, 0.15) is 5.56 Å². The van der Waals surface area contributed by atoms with Crippen LogP contribution in [0.5, 0.6) is 0 Å². The van der Waals surface area contributed by atoms with Crippen LogP contribution in [0.25, 0.3) is 0 Å². The zero-order valence-electron chi connectivity index (χ0n) is 11.8. The highest BCUT2D eigenvalue weighted by atomic mass is 35.5. The molecule has 0 radical (unpaired) electrons. The number of ether oxygens (including phenoxy) is 1. The number of nitrogens with zero attached hydrogens (tertiary/aromatic N) is 2. The van der Waals surface area contributed by atoms with E-state index in [-0.39, 0.29) is 5.91 Å². The maximum Gasteiger partial charge on any atom is 0.226 e. The van der Waals surface area contributed by atoms with Crippen molar-refractivity contribution in [3.05, 3.63) is 34.9 Å². The predicted octanol–water partition coefficient (Wildman–Crippen LogP) is 1.67. The highest BCUT2D eigenvalue weighted by molar-refractivity contribution is 6.30. The second-order valence-corrected chi connectivity index (χ2v) is 5.51. The number of carbonyl (C=O) groups excluding carboxylic acids is 1. The monoisotopic (exact) mass is 296 g/mol. The Morgan fingerprint density at radius 3 is 2.85 bits per heavy atom. The summed E-state index contributed by atoms with van der Waals surface area (Å²) in [6.45, 7) is 5.15. The molecule has 110 valence electrons. The first-order chi connectivity index (χ1) is 9.65. The number of hydrogen-bond acceptors (Lipinski definition) is 3. The van der Waals surface area contributed by atoms with E-state index in [1.54, 1.807) is 4.90 Å². The Balaban J connectivity index is 1.76. The molecule has 1 aliphatic heterocycles. The molecule has 0 unspecified atom stereocenters. The summed E-state index contributed by atoms with van der Waals surface area (Å²) in [5, 5.41) is 0.672. The Bertz CT molecular complexity index is 447. The standard InChI is InChI=1S/C15H21ClN2O2/c1-17(5-6-18-7-9-20-10-8-18)15(19)12-13-3-2-4-14(16)11-13/h2-4,11H,5-10,12H2,1H3. The van der Waals surface area contributed by atoms with Crippen LogP contribution in [-0.4, -0.2) is 62.1 Å². The molecule has 1 aromatic rings. The summed E-state index contributed by atoms with van der Waals surface area (Å²) in [5.41, 5.74) is 0.959. The fourth-order valence-electron chi connectivity index (χ4n) is 2.20. The number of carbonyl (C=O) groups is 1. The fourth-order valence-corrected chi connectivity index (χ4v) is 2.41. The smallest absolute Gasteiger partial charge is 0.226 e. The molecule has 1 aliphatic rings. The van der Waals surface area contributed by atoms with Gasteiger partial charge in [0.1, 0.15) is 0 Å². The van der Waals surface area contributed by atoms with Gasteiger partial charge in [-0.1, -0.05) is 23.7 Å². The van der Waals surface area contributed by atoms with Crippen molar-refractivity contribution in [2.75, 3.05) is 46.4 Å². The van der Waals surface area contributed by atoms with Gasteiger partial charge in [0.2, 0.25) is 5.91 Å². The molecular weight excluding hydrogens is 276 g/mol. The van der Waals surface area contributed by atoms with Crippen molar-refractivity contribution in [3.63, 3.8) is 0 Å². The van der Waals surface area contributed by atoms with Crippen LogP contribution in [0.2, 0.25) is 5.02 Å². The summed E-state index contributed by atoms with van der Waals surface area (Å²) < 4.78 is 5.31. The number of morpholine rings is 1. The molecule has 0 aromatic heterocycles. The third-order valence-electron chi connectivity index (χ3n) is 3.53. The first-order valence-corrected chi connectivity index (χ1v) is 7.31. The lowest BCUT2D eigenvalue weighted by atomic mass is 10.1. The molecule has 5 heteroatoms. The van der Waals surface area contributed by atoms with E-state index in [0.29, 0.717) is 11.4 Å². The number of hydrogen-bond donors (Lipinski definition) is 0. The quantitative estimate of drug-likeness (QED) is 0.829. The SMILES string of the molecule is CN(CCN1CCOCC1)C(=O)Cc1cccc(Cl)c1. The van der Waals surface area contributed by atoms with Gasteiger partial charge >= 0.3 is 0 Å². The van der Waals surface area contributed by atoms with Crippen LogP contribution in [0, 0.1) is 0 Å². The molecule has 0 aliphatic carbocycles. The Hall–Kier alpha value is -1.10. The largest absolute Gasteiger partial charge is 0.379 e. The summed E-state index contributed by atoms with van der Waals surface area (Å²) in [5.74, 6) is 0.125. The van der Waals surface area contributed by atoms with Crippen LogP contribution < -0.4 is 0 Å². The predicted molar refractivity (Wildman–Crippen MR) is 80.1 cm³/mol. The van der Waals surface area contributed by atoms with Crippen LogP contribution in [0.15, 0.2) is 24.3 Å². The number of likely N-dealkylation sites (N-methyl/N-ethyl adjacent to an activating group) is 1. The van der Waals surface area contributed by atoms with E-state index < -0.39 is 0 Å². The molecule has 2 rings (SSSR count). The van der Waals surface area contributed by atoms with Gasteiger partial charge in [-0.25, -0.2) is 0 Å². The first kappa shape index (κ1) is 15.3. The molecule has 1 saturated heterocycles. The van der Waals surface area contributed by atoms with Gasteiger partial charge in [-0.15, -0.1) is 0 Å². The number of benzene rings is 1. The summed E-state index contributed by atoms with van der Waals surface area (Å²) in [7, 11) is 1.85. The maximum atomic E-state index is 12.1. The van der Waals surface area contributed by atoms with Crippen LogP contribution >= 0.6 is 11.6 Å². The Morgan fingerprint density at radius 2 is 2.15 bits per heavy atom. The van der Waals surface area contributed by atoms with Gasteiger partial charge < -0.3 is 9.64 Å². The van der Waals surface area contributed by atoms with Crippen LogP contribution in [0.3, 0.4) is 0 Å². The van der Waals surface area contributed by atoms with E-state index in [1.165, 1.54) is 0 Å². The van der Waals surface area contributed by atoms with Gasteiger partial charge in [0, 0.05) is 38.2 Å². The molecule has 1 fully saturated rings. The van der Waals surface area contributed by atoms with Crippen molar-refractivity contribution in [2.24, 2.45) is 0 Å². The second kappa shape index (κ2) is 7.62. The Labute approximate surface area is 125 Å². The average molecular weight is 297 g/mol. The molecule has 0 saturated carbocycles. The zero-order chi connectivity index (χ0) is 14.4. The van der Waals surface area contributed by atoms with E-state index >= 15 is 0 Å². The lowest BCUT2D eigenvalue weighted by Gasteiger charge is -2.28. The fraction of sp³-hybridized carbons (Fsp3) is 0.533. The molecule has 0 N–H and O–H groups in total. The normalized spacial score (nSPS) is 16.1. The third kappa shape index (κ3) is 4.78. The summed E-state index contributed by atoms with van der Waals surface area (Å²) in [4.78, 5) is 16.3. The van der Waals surface area contributed by atoms with Crippen molar-refractivity contribution in [3.8, 4) is 0 Å². The average Bonchev–Trinajstić information content (AvgIpc) is 2.46. The minimum atomic E-state index is 0.125. The van der Waals surface area contributed by atoms with Crippen molar-refractivity contribution in [2.45, 2.75) is 6.42 Å². The van der Waals surface area contributed by atoms with E-state index in [9.17, 15) is 4.79 Å². The van der Waals surface area contributed by atoms with Gasteiger partial charge in [0.25, 0.3) is 0 Å². The Morgan fingerprint density at radius 1 is 1.40 bits per heavy atom. The number of rotatable bonds is 5. The minimum absolute atomic E-state index is 0.125. The molecule has 0 atom stereocenters. The van der Waals surface area contributed by atoms with Gasteiger partial charge in [0.05, 0.1) is 19.6 Å². The van der Waals surface area contributed by atoms with Gasteiger partial charge in [0.15, 0.2) is 0 Å². The van der Waals surface area contributed by atoms with Crippen molar-refractivity contribution >= 4 is 17.5 Å². The third-order valence-corrected chi connectivity index (χ3v) is 3.76. The zero-order valence-corrected chi connectivity index (χ0v) is 12.6. The van der Waals surface area contributed by atoms with E-state index in [1.807, 2.05) is 31.3 Å². The maximum absolute atomic E-state index is 12.1. The molecule has 0 bridgehead atoms. The molecule has 1 aromatic carbocycles. The summed E-state index contributed by atoms with van der Waals surface area (Å²) in [6.07, 6.45) is 0.403. The van der Waals surface area contributed by atoms with Crippen molar-refractivity contribution < 1.29 is 9.53 Å². The summed E-state index contributed by atoms with van der Waals surface area (Å²) >= 11 is 5.93. The molecule has 1 heterocycles. The lowest BCUT2D eigenvalue weighted by molar-refractivity contribution is -0.129. The lowest BCUT2D eigenvalue weighted by Crippen LogP contribution is -2.42. The number of amides is 1. The summed E-state index contributed by atoms with van der Waals surface area (Å²) in [6, 6.07) is 7.46.